The van der Waals surface area contributed by atoms with Crippen LogP contribution in [0.2, 0.25) is 0 Å². The Morgan fingerprint density at radius 1 is 1.12 bits per heavy atom. The number of aromatic nitrogens is 2. The van der Waals surface area contributed by atoms with Crippen molar-refractivity contribution in [2.75, 3.05) is 26.2 Å². The summed E-state index contributed by atoms with van der Waals surface area (Å²) >= 11 is 0. The average molecular weight is 450 g/mol. The van der Waals surface area contributed by atoms with Gasteiger partial charge in [0.05, 0.1) is 0 Å². The van der Waals surface area contributed by atoms with Crippen LogP contribution in [0.1, 0.15) is 37.1 Å². The summed E-state index contributed by atoms with van der Waals surface area (Å²) in [6.07, 6.45) is 4.32. The van der Waals surface area contributed by atoms with Gasteiger partial charge < -0.3 is 24.5 Å². The number of imidazole rings is 1. The van der Waals surface area contributed by atoms with E-state index < -0.39 is 4.92 Å². The van der Waals surface area contributed by atoms with E-state index in [-0.39, 0.29) is 29.5 Å². The van der Waals surface area contributed by atoms with Crippen LogP contribution in [0.5, 0.6) is 0 Å². The minimum Gasteiger partial charge on any atom is -0.358 e. The molecule has 0 atom stereocenters. The first kappa shape index (κ1) is 22.5. The van der Waals surface area contributed by atoms with Crippen molar-refractivity contribution in [2.24, 2.45) is 5.41 Å². The van der Waals surface area contributed by atoms with Crippen molar-refractivity contribution in [2.45, 2.75) is 39.2 Å². The number of carbonyl (C=O) groups excluding carboxylic acids is 2. The molecule has 2 aromatic rings. The van der Waals surface area contributed by atoms with Gasteiger partial charge in [-0.25, -0.2) is 0 Å². The number of hydrogen-bond donors (Lipinski definition) is 0. The third-order valence-corrected chi connectivity index (χ3v) is 6.71. The molecule has 2 aliphatic heterocycles. The predicted molar refractivity (Wildman–Crippen MR) is 121 cm³/mol. The lowest BCUT2D eigenvalue weighted by molar-refractivity contribution is -0.389. The van der Waals surface area contributed by atoms with Crippen molar-refractivity contribution in [3.63, 3.8) is 0 Å². The van der Waals surface area contributed by atoms with Gasteiger partial charge in [-0.1, -0.05) is 24.1 Å². The second-order valence-electron chi connectivity index (χ2n) is 8.82. The molecule has 172 valence electrons. The summed E-state index contributed by atoms with van der Waals surface area (Å²) in [6, 6.07) is 9.47. The van der Waals surface area contributed by atoms with E-state index in [0.717, 1.165) is 24.8 Å². The third-order valence-electron chi connectivity index (χ3n) is 6.71. The van der Waals surface area contributed by atoms with E-state index in [1.807, 2.05) is 35.2 Å². The van der Waals surface area contributed by atoms with Crippen LogP contribution in [0.15, 0.2) is 36.5 Å². The van der Waals surface area contributed by atoms with Gasteiger partial charge in [0.25, 0.3) is 5.91 Å². The Hall–Kier alpha value is -3.67. The van der Waals surface area contributed by atoms with Crippen LogP contribution >= 0.6 is 0 Å². The highest BCUT2D eigenvalue weighted by Gasteiger charge is 2.42. The van der Waals surface area contributed by atoms with Gasteiger partial charge in [0.1, 0.15) is 6.20 Å². The molecule has 9 heteroatoms. The number of amides is 2. The second kappa shape index (κ2) is 9.45. The summed E-state index contributed by atoms with van der Waals surface area (Å²) in [5.41, 5.74) is 0.882. The molecule has 1 aromatic heterocycles. The standard InChI is InChI=1S/C24H27N5O4/c1-19-25-21(29(32)33)17-27(19)13-9-23(31)28-16-12-24(18-28)10-14-26(15-11-24)22(30)8-7-20-5-3-2-4-6-20/h2-6,17H,9-16,18H2,1H3. The second-order valence-corrected chi connectivity index (χ2v) is 8.82. The Bertz CT molecular complexity index is 1110. The molecule has 0 N–H and O–H groups in total. The number of nitro groups is 1. The monoisotopic (exact) mass is 449 g/mol. The number of hydrogen-bond acceptors (Lipinski definition) is 5. The highest BCUT2D eigenvalue weighted by atomic mass is 16.6. The molecule has 9 nitrogen and oxygen atoms in total. The van der Waals surface area contributed by atoms with E-state index in [2.05, 4.69) is 16.8 Å². The zero-order chi connectivity index (χ0) is 23.4. The van der Waals surface area contributed by atoms with Gasteiger partial charge in [0.15, 0.2) is 0 Å². The van der Waals surface area contributed by atoms with E-state index in [0.29, 0.717) is 38.5 Å². The Labute approximate surface area is 192 Å². The van der Waals surface area contributed by atoms with Gasteiger partial charge in [0.2, 0.25) is 11.7 Å². The van der Waals surface area contributed by atoms with Crippen molar-refractivity contribution in [1.29, 1.82) is 0 Å². The van der Waals surface area contributed by atoms with E-state index in [1.54, 1.807) is 16.4 Å². The van der Waals surface area contributed by atoms with Crippen molar-refractivity contribution >= 4 is 17.6 Å². The van der Waals surface area contributed by atoms with Crippen molar-refractivity contribution in [1.82, 2.24) is 19.4 Å². The highest BCUT2D eigenvalue weighted by Crippen LogP contribution is 2.40. The minimum absolute atomic E-state index is 0.0508. The van der Waals surface area contributed by atoms with Crippen molar-refractivity contribution < 1.29 is 14.5 Å². The fourth-order valence-corrected chi connectivity index (χ4v) is 4.65. The summed E-state index contributed by atoms with van der Waals surface area (Å²) < 4.78 is 1.66. The molecule has 3 heterocycles. The fourth-order valence-electron chi connectivity index (χ4n) is 4.65. The summed E-state index contributed by atoms with van der Waals surface area (Å²) in [5, 5.41) is 10.9. The lowest BCUT2D eigenvalue weighted by Crippen LogP contribution is -2.44. The molecule has 2 fully saturated rings. The highest BCUT2D eigenvalue weighted by molar-refractivity contribution is 5.94. The number of piperidine rings is 1. The summed E-state index contributed by atoms with van der Waals surface area (Å²) in [6.45, 7) is 4.79. The number of nitrogens with zero attached hydrogens (tertiary/aromatic N) is 5. The first-order chi connectivity index (χ1) is 15.8. The number of likely N-dealkylation sites (tertiary alicyclic amines) is 2. The predicted octanol–water partition coefficient (Wildman–Crippen LogP) is 2.38. The van der Waals surface area contributed by atoms with Crippen LogP contribution in [0, 0.1) is 34.3 Å². The van der Waals surface area contributed by atoms with Crippen molar-refractivity contribution in [3.05, 3.63) is 58.0 Å². The first-order valence-electron chi connectivity index (χ1n) is 11.2. The molecule has 2 saturated heterocycles. The third kappa shape index (κ3) is 5.22. The van der Waals surface area contributed by atoms with Crippen molar-refractivity contribution in [3.8, 4) is 11.8 Å². The van der Waals surface area contributed by atoms with Crippen LogP contribution in [-0.4, -0.2) is 62.3 Å². The summed E-state index contributed by atoms with van der Waals surface area (Å²) in [4.78, 5) is 43.2. The molecule has 1 aromatic carbocycles. The van der Waals surface area contributed by atoms with Crippen LogP contribution < -0.4 is 0 Å². The zero-order valence-corrected chi connectivity index (χ0v) is 18.7. The lowest BCUT2D eigenvalue weighted by atomic mass is 9.78. The number of aryl methyl sites for hydroxylation is 2. The molecule has 2 amide bonds. The van der Waals surface area contributed by atoms with Gasteiger partial charge in [-0.05, 0) is 46.7 Å². The molecular weight excluding hydrogens is 422 g/mol. The molecule has 0 saturated carbocycles. The number of carbonyl (C=O) groups is 2. The summed E-state index contributed by atoms with van der Waals surface area (Å²) in [5.74, 6) is 5.90. The van der Waals surface area contributed by atoms with Gasteiger partial charge in [-0.2, -0.15) is 0 Å². The Morgan fingerprint density at radius 3 is 2.42 bits per heavy atom. The van der Waals surface area contributed by atoms with Crippen LogP contribution in [0.3, 0.4) is 0 Å². The molecule has 0 radical (unpaired) electrons. The van der Waals surface area contributed by atoms with Crippen LogP contribution in [0.4, 0.5) is 5.82 Å². The largest absolute Gasteiger partial charge is 0.381 e. The average Bonchev–Trinajstić information content (AvgIpc) is 3.41. The maximum absolute atomic E-state index is 12.8. The van der Waals surface area contributed by atoms with Crippen LogP contribution in [-0.2, 0) is 16.1 Å². The van der Waals surface area contributed by atoms with Gasteiger partial charge in [-0.3, -0.25) is 9.59 Å². The molecule has 2 aliphatic rings. The Balaban J connectivity index is 1.26. The molecule has 33 heavy (non-hydrogen) atoms. The normalized spacial score (nSPS) is 17.0. The topological polar surface area (TPSA) is 102 Å². The van der Waals surface area contributed by atoms with E-state index in [9.17, 15) is 19.7 Å². The van der Waals surface area contributed by atoms with E-state index >= 15 is 0 Å². The van der Waals surface area contributed by atoms with E-state index in [4.69, 9.17) is 0 Å². The van der Waals surface area contributed by atoms with Crippen LogP contribution in [0.25, 0.3) is 0 Å². The number of benzene rings is 1. The maximum Gasteiger partial charge on any atom is 0.381 e. The maximum atomic E-state index is 12.8. The smallest absolute Gasteiger partial charge is 0.358 e. The zero-order valence-electron chi connectivity index (χ0n) is 18.7. The van der Waals surface area contributed by atoms with Gasteiger partial charge >= 0.3 is 5.82 Å². The quantitative estimate of drug-likeness (QED) is 0.405. The fraction of sp³-hybridized carbons (Fsp3) is 0.458. The number of rotatable bonds is 4. The minimum atomic E-state index is -0.528. The van der Waals surface area contributed by atoms with Gasteiger partial charge in [-0.15, -0.1) is 0 Å². The Kier molecular flexibility index (Phi) is 6.45. The Morgan fingerprint density at radius 2 is 1.79 bits per heavy atom. The summed E-state index contributed by atoms with van der Waals surface area (Å²) in [7, 11) is 0. The molecule has 0 bridgehead atoms. The molecular formula is C24H27N5O4. The van der Waals surface area contributed by atoms with E-state index in [1.165, 1.54) is 6.20 Å². The molecule has 1 spiro atoms. The molecule has 0 unspecified atom stereocenters. The van der Waals surface area contributed by atoms with Gasteiger partial charge in [0, 0.05) is 57.6 Å². The lowest BCUT2D eigenvalue weighted by Gasteiger charge is -2.38. The molecule has 4 rings (SSSR count). The SMILES string of the molecule is Cc1nc([N+](=O)[O-])cn1CCC(=O)N1CCC2(CCN(C(=O)C#Cc3ccccc3)CC2)C1. The molecule has 0 aliphatic carbocycles. The first-order valence-corrected chi connectivity index (χ1v) is 11.2.